The molecule has 0 nitrogen and oxygen atoms in total. The summed E-state index contributed by atoms with van der Waals surface area (Å²) < 4.78 is 0. The molecule has 1 aliphatic rings. The maximum absolute atomic E-state index is 2.47. The van der Waals surface area contributed by atoms with Gasteiger partial charge in [0.1, 0.15) is 0 Å². The molecule has 0 aliphatic carbocycles. The Balaban J connectivity index is 2.78. The number of rotatable bonds is 3. The topological polar surface area (TPSA) is 0 Å². The fourth-order valence-electron chi connectivity index (χ4n) is 1.84. The summed E-state index contributed by atoms with van der Waals surface area (Å²) in [4.78, 5) is 1.48. The molecule has 2 unspecified atom stereocenters. The van der Waals surface area contributed by atoms with Gasteiger partial charge < -0.3 is 0 Å². The van der Waals surface area contributed by atoms with Gasteiger partial charge in [-0.05, 0) is 37.7 Å². The van der Waals surface area contributed by atoms with Gasteiger partial charge in [-0.25, -0.2) is 0 Å². The lowest BCUT2D eigenvalue weighted by molar-refractivity contribution is 0.456. The van der Waals surface area contributed by atoms with Crippen LogP contribution in [0.4, 0.5) is 0 Å². The maximum Gasteiger partial charge on any atom is 0.00642 e. The quantitative estimate of drug-likeness (QED) is 0.618. The Labute approximate surface area is 98.5 Å². The smallest absolute Gasteiger partial charge is 0.00642 e. The third kappa shape index (κ3) is 3.57. The Bertz CT molecular complexity index is 284. The molecule has 0 fully saturated rings. The Kier molecular flexibility index (Phi) is 5.24. The van der Waals surface area contributed by atoms with E-state index in [4.69, 9.17) is 0 Å². The molecule has 0 aromatic rings. The summed E-state index contributed by atoms with van der Waals surface area (Å²) in [6.45, 7) is 8.92. The summed E-state index contributed by atoms with van der Waals surface area (Å²) in [5.41, 5.74) is 1.41. The predicted molar refractivity (Wildman–Crippen MR) is 72.1 cm³/mol. The van der Waals surface area contributed by atoms with Crippen molar-refractivity contribution in [2.45, 2.75) is 34.1 Å². The fourth-order valence-corrected chi connectivity index (χ4v) is 3.10. The van der Waals surface area contributed by atoms with Crippen LogP contribution in [0.15, 0.2) is 34.8 Å². The lowest BCUT2D eigenvalue weighted by Crippen LogP contribution is -2.15. The highest BCUT2D eigenvalue weighted by Gasteiger charge is 2.20. The van der Waals surface area contributed by atoms with Crippen molar-refractivity contribution in [2.24, 2.45) is 11.8 Å². The third-order valence-corrected chi connectivity index (χ3v) is 4.46. The van der Waals surface area contributed by atoms with Crippen LogP contribution in [0, 0.1) is 11.8 Å². The van der Waals surface area contributed by atoms with Crippen molar-refractivity contribution in [3.8, 4) is 0 Å². The van der Waals surface area contributed by atoms with Crippen LogP contribution in [0.2, 0.25) is 0 Å². The van der Waals surface area contributed by atoms with Crippen LogP contribution in [0.25, 0.3) is 0 Å². The van der Waals surface area contributed by atoms with E-state index in [1.54, 1.807) is 0 Å². The SMILES string of the molecule is C/C=C\C=C(/C)C1=CC(CC)C(C)CS1. The highest BCUT2D eigenvalue weighted by Crippen LogP contribution is 2.36. The molecule has 1 rings (SSSR count). The van der Waals surface area contributed by atoms with Gasteiger partial charge in [0.15, 0.2) is 0 Å². The first-order chi connectivity index (χ1) is 7.19. The minimum absolute atomic E-state index is 0.773. The summed E-state index contributed by atoms with van der Waals surface area (Å²) in [6.07, 6.45) is 10.1. The van der Waals surface area contributed by atoms with Gasteiger partial charge in [0.2, 0.25) is 0 Å². The Hall–Kier alpha value is -0.430. The molecule has 0 bridgehead atoms. The van der Waals surface area contributed by atoms with Gasteiger partial charge in [-0.1, -0.05) is 38.2 Å². The summed E-state index contributed by atoms with van der Waals surface area (Å²) in [5.74, 6) is 2.87. The van der Waals surface area contributed by atoms with Gasteiger partial charge in [-0.3, -0.25) is 0 Å². The predicted octanol–water partition coefficient (Wildman–Crippen LogP) is 4.80. The summed E-state index contributed by atoms with van der Waals surface area (Å²) in [5, 5.41) is 0. The molecular formula is C14H22S. The zero-order valence-electron chi connectivity index (χ0n) is 10.3. The first-order valence-corrected chi connectivity index (χ1v) is 6.82. The number of hydrogen-bond acceptors (Lipinski definition) is 1. The van der Waals surface area contributed by atoms with E-state index in [0.717, 1.165) is 11.8 Å². The first kappa shape index (κ1) is 12.6. The Morgan fingerprint density at radius 3 is 2.93 bits per heavy atom. The van der Waals surface area contributed by atoms with E-state index in [1.807, 2.05) is 11.8 Å². The molecule has 0 amide bonds. The van der Waals surface area contributed by atoms with Crippen molar-refractivity contribution in [1.29, 1.82) is 0 Å². The molecule has 1 heteroatoms. The van der Waals surface area contributed by atoms with Gasteiger partial charge in [-0.2, -0.15) is 0 Å². The second-order valence-corrected chi connectivity index (χ2v) is 5.33. The highest BCUT2D eigenvalue weighted by atomic mass is 32.2. The second kappa shape index (κ2) is 6.22. The molecule has 0 aromatic heterocycles. The van der Waals surface area contributed by atoms with Crippen molar-refractivity contribution in [3.05, 3.63) is 34.8 Å². The molecule has 1 heterocycles. The summed E-state index contributed by atoms with van der Waals surface area (Å²) in [7, 11) is 0. The number of hydrogen-bond donors (Lipinski definition) is 0. The lowest BCUT2D eigenvalue weighted by Gasteiger charge is -2.26. The van der Waals surface area contributed by atoms with Crippen molar-refractivity contribution < 1.29 is 0 Å². The first-order valence-electron chi connectivity index (χ1n) is 5.83. The van der Waals surface area contributed by atoms with Crippen LogP contribution in [0.1, 0.15) is 34.1 Å². The average Bonchev–Trinajstić information content (AvgIpc) is 2.26. The number of allylic oxidation sites excluding steroid dienone is 5. The van der Waals surface area contributed by atoms with Crippen LogP contribution in [-0.2, 0) is 0 Å². The van der Waals surface area contributed by atoms with E-state index in [0.29, 0.717) is 0 Å². The molecule has 2 atom stereocenters. The minimum Gasteiger partial charge on any atom is -0.126 e. The lowest BCUT2D eigenvalue weighted by atomic mass is 9.91. The summed E-state index contributed by atoms with van der Waals surface area (Å²) in [6, 6.07) is 0. The van der Waals surface area contributed by atoms with Gasteiger partial charge in [0.05, 0.1) is 0 Å². The average molecular weight is 222 g/mol. The van der Waals surface area contributed by atoms with E-state index in [9.17, 15) is 0 Å². The third-order valence-electron chi connectivity index (χ3n) is 3.00. The zero-order chi connectivity index (χ0) is 11.3. The van der Waals surface area contributed by atoms with Gasteiger partial charge in [0.25, 0.3) is 0 Å². The minimum atomic E-state index is 0.773. The Morgan fingerprint density at radius 1 is 1.60 bits per heavy atom. The number of thioether (sulfide) groups is 1. The Morgan fingerprint density at radius 2 is 2.33 bits per heavy atom. The van der Waals surface area contributed by atoms with Crippen LogP contribution in [0.3, 0.4) is 0 Å². The molecule has 0 spiro atoms. The molecule has 0 saturated carbocycles. The van der Waals surface area contributed by atoms with E-state index >= 15 is 0 Å². The highest BCUT2D eigenvalue weighted by molar-refractivity contribution is 8.03. The molecule has 84 valence electrons. The van der Waals surface area contributed by atoms with Crippen LogP contribution < -0.4 is 0 Å². The van der Waals surface area contributed by atoms with E-state index in [2.05, 4.69) is 52.0 Å². The van der Waals surface area contributed by atoms with Gasteiger partial charge in [-0.15, -0.1) is 11.8 Å². The maximum atomic E-state index is 2.47. The molecule has 0 N–H and O–H groups in total. The van der Waals surface area contributed by atoms with Crippen molar-refractivity contribution >= 4 is 11.8 Å². The van der Waals surface area contributed by atoms with Crippen molar-refractivity contribution in [2.75, 3.05) is 5.75 Å². The van der Waals surface area contributed by atoms with E-state index in [-0.39, 0.29) is 0 Å². The largest absolute Gasteiger partial charge is 0.126 e. The standard InChI is InChI=1S/C14H22S/c1-5-7-8-11(3)14-9-13(6-2)12(4)10-15-14/h5,7-9,12-13H,6,10H2,1-4H3/b7-5-,11-8+. The zero-order valence-corrected chi connectivity index (χ0v) is 11.1. The van der Waals surface area contributed by atoms with Gasteiger partial charge in [0, 0.05) is 10.7 Å². The van der Waals surface area contributed by atoms with E-state index in [1.165, 1.54) is 22.7 Å². The molecule has 0 radical (unpaired) electrons. The van der Waals surface area contributed by atoms with Crippen LogP contribution in [0.5, 0.6) is 0 Å². The van der Waals surface area contributed by atoms with E-state index < -0.39 is 0 Å². The molecular weight excluding hydrogens is 200 g/mol. The molecule has 0 aromatic carbocycles. The molecule has 0 saturated heterocycles. The van der Waals surface area contributed by atoms with Crippen LogP contribution in [-0.4, -0.2) is 5.75 Å². The monoisotopic (exact) mass is 222 g/mol. The fraction of sp³-hybridized carbons (Fsp3) is 0.571. The molecule has 15 heavy (non-hydrogen) atoms. The summed E-state index contributed by atoms with van der Waals surface area (Å²) >= 11 is 2.01. The van der Waals surface area contributed by atoms with Gasteiger partial charge >= 0.3 is 0 Å². The van der Waals surface area contributed by atoms with Crippen LogP contribution >= 0.6 is 11.8 Å². The van der Waals surface area contributed by atoms with Crippen molar-refractivity contribution in [1.82, 2.24) is 0 Å². The normalized spacial score (nSPS) is 28.3. The molecule has 1 aliphatic heterocycles. The van der Waals surface area contributed by atoms with Crippen molar-refractivity contribution in [3.63, 3.8) is 0 Å². The second-order valence-electron chi connectivity index (χ2n) is 4.27.